The van der Waals surface area contributed by atoms with Crippen LogP contribution in [-0.2, 0) is 0 Å². The number of halogens is 3. The van der Waals surface area contributed by atoms with Crippen molar-refractivity contribution >= 4 is 54.6 Å². The van der Waals surface area contributed by atoms with Crippen LogP contribution < -0.4 is 5.32 Å². The first-order valence-corrected chi connectivity index (χ1v) is 9.22. The Hall–Kier alpha value is -2.85. The molecule has 0 aliphatic rings. The molecule has 7 nitrogen and oxygen atoms in total. The van der Waals surface area contributed by atoms with E-state index in [0.717, 1.165) is 17.8 Å². The van der Waals surface area contributed by atoms with Crippen molar-refractivity contribution in [1.29, 1.82) is 0 Å². The van der Waals surface area contributed by atoms with Gasteiger partial charge in [0.15, 0.2) is 0 Å². The van der Waals surface area contributed by atoms with Gasteiger partial charge in [-0.05, 0) is 36.4 Å². The van der Waals surface area contributed by atoms with Gasteiger partial charge in [-0.3, -0.25) is 20.2 Å². The Morgan fingerprint density at radius 2 is 1.32 bits per heavy atom. The summed E-state index contributed by atoms with van der Waals surface area (Å²) in [5.41, 5.74) is 0.824. The fourth-order valence-corrected chi connectivity index (χ4v) is 2.76. The molecule has 0 radical (unpaired) electrons. The predicted octanol–water partition coefficient (Wildman–Crippen LogP) is 6.60. The second-order valence-electron chi connectivity index (χ2n) is 5.26. The van der Waals surface area contributed by atoms with Crippen molar-refractivity contribution in [2.75, 3.05) is 5.32 Å². The Bertz CT molecular complexity index is 1000. The van der Waals surface area contributed by atoms with E-state index in [1.54, 1.807) is 12.1 Å². The Balaban J connectivity index is 0.000000221. The van der Waals surface area contributed by atoms with Gasteiger partial charge in [0.05, 0.1) is 9.85 Å². The summed E-state index contributed by atoms with van der Waals surface area (Å²) >= 11 is 6.21. The maximum absolute atomic E-state index is 12.6. The van der Waals surface area contributed by atoms with Crippen LogP contribution in [0.3, 0.4) is 0 Å². The molecule has 0 atom stereocenters. The van der Waals surface area contributed by atoms with Crippen molar-refractivity contribution in [2.24, 2.45) is 0 Å². The van der Waals surface area contributed by atoms with Crippen molar-refractivity contribution in [1.82, 2.24) is 0 Å². The molecule has 10 heteroatoms. The number of nitro groups is 2. The second-order valence-corrected chi connectivity index (χ2v) is 7.09. The van der Waals surface area contributed by atoms with Crippen LogP contribution in [0, 0.1) is 26.0 Å². The van der Waals surface area contributed by atoms with Crippen molar-refractivity contribution in [3.05, 3.63) is 102 Å². The van der Waals surface area contributed by atoms with Crippen molar-refractivity contribution in [3.8, 4) is 0 Å². The van der Waals surface area contributed by atoms with Crippen molar-refractivity contribution in [2.45, 2.75) is 0 Å². The molecule has 28 heavy (non-hydrogen) atoms. The summed E-state index contributed by atoms with van der Waals surface area (Å²) in [6.45, 7) is 0. The molecule has 0 aliphatic carbocycles. The average Bonchev–Trinajstić information content (AvgIpc) is 2.66. The molecule has 0 spiro atoms. The SMILES string of the molecule is O=[N+]([O-])c1cc(Br)ccc1F.O=[N+]([O-])c1cc(Br)ccc1Nc1ccccc1. The summed E-state index contributed by atoms with van der Waals surface area (Å²) in [7, 11) is 0. The molecule has 144 valence electrons. The fourth-order valence-electron chi connectivity index (χ4n) is 2.06. The Kier molecular flexibility index (Phi) is 7.59. The number of para-hydroxylation sites is 1. The van der Waals surface area contributed by atoms with E-state index in [1.807, 2.05) is 30.3 Å². The number of nitro benzene ring substituents is 2. The van der Waals surface area contributed by atoms with Crippen LogP contribution in [0.5, 0.6) is 0 Å². The predicted molar refractivity (Wildman–Crippen MR) is 111 cm³/mol. The monoisotopic (exact) mass is 511 g/mol. The van der Waals surface area contributed by atoms with E-state index in [9.17, 15) is 24.6 Å². The third-order valence-electron chi connectivity index (χ3n) is 3.31. The number of anilines is 2. The van der Waals surface area contributed by atoms with Crippen LogP contribution in [-0.4, -0.2) is 9.85 Å². The lowest BCUT2D eigenvalue weighted by molar-refractivity contribution is -0.387. The fraction of sp³-hybridized carbons (Fsp3) is 0. The Labute approximate surface area is 175 Å². The number of benzene rings is 3. The van der Waals surface area contributed by atoms with Crippen LogP contribution in [0.15, 0.2) is 75.7 Å². The van der Waals surface area contributed by atoms with E-state index in [-0.39, 0.29) is 5.69 Å². The zero-order valence-corrected chi connectivity index (χ0v) is 17.2. The molecule has 0 unspecified atom stereocenters. The zero-order valence-electron chi connectivity index (χ0n) is 14.0. The smallest absolute Gasteiger partial charge is 0.305 e. The molecule has 0 saturated carbocycles. The van der Waals surface area contributed by atoms with Gasteiger partial charge in [0, 0.05) is 26.8 Å². The van der Waals surface area contributed by atoms with E-state index >= 15 is 0 Å². The number of hydrogen-bond acceptors (Lipinski definition) is 5. The molecule has 0 saturated heterocycles. The van der Waals surface area contributed by atoms with E-state index < -0.39 is 21.4 Å². The molecule has 3 aromatic carbocycles. The molecule has 0 fully saturated rings. The quantitative estimate of drug-likeness (QED) is 0.313. The molecular formula is C18H12Br2FN3O4. The average molecular weight is 513 g/mol. The van der Waals surface area contributed by atoms with Gasteiger partial charge < -0.3 is 5.32 Å². The maximum Gasteiger partial charge on any atom is 0.305 e. The molecule has 3 aromatic rings. The van der Waals surface area contributed by atoms with Crippen molar-refractivity contribution < 1.29 is 14.2 Å². The number of nitrogens with one attached hydrogen (secondary N) is 1. The van der Waals surface area contributed by atoms with E-state index in [4.69, 9.17) is 0 Å². The third-order valence-corrected chi connectivity index (χ3v) is 4.30. The lowest BCUT2D eigenvalue weighted by Crippen LogP contribution is -1.96. The summed E-state index contributed by atoms with van der Waals surface area (Å²) in [4.78, 5) is 19.9. The minimum absolute atomic E-state index is 0.0447. The highest BCUT2D eigenvalue weighted by Crippen LogP contribution is 2.30. The highest BCUT2D eigenvalue weighted by molar-refractivity contribution is 9.10. The molecule has 0 bridgehead atoms. The lowest BCUT2D eigenvalue weighted by Gasteiger charge is -2.06. The normalized spacial score (nSPS) is 9.82. The highest BCUT2D eigenvalue weighted by Gasteiger charge is 2.14. The lowest BCUT2D eigenvalue weighted by atomic mass is 10.2. The molecule has 0 heterocycles. The summed E-state index contributed by atoms with van der Waals surface area (Å²) in [5.74, 6) is -0.821. The molecule has 1 N–H and O–H groups in total. The van der Waals surface area contributed by atoms with Crippen LogP contribution in [0.25, 0.3) is 0 Å². The summed E-state index contributed by atoms with van der Waals surface area (Å²) in [6, 6.07) is 17.8. The van der Waals surface area contributed by atoms with Crippen LogP contribution in [0.4, 0.5) is 27.1 Å². The van der Waals surface area contributed by atoms with Gasteiger partial charge >= 0.3 is 5.69 Å². The Morgan fingerprint density at radius 3 is 1.86 bits per heavy atom. The zero-order chi connectivity index (χ0) is 20.7. The molecule has 0 aromatic heterocycles. The van der Waals surface area contributed by atoms with Gasteiger partial charge in [0.2, 0.25) is 5.82 Å². The second kappa shape index (κ2) is 9.90. The Morgan fingerprint density at radius 1 is 0.786 bits per heavy atom. The minimum Gasteiger partial charge on any atom is -0.350 e. The van der Waals surface area contributed by atoms with E-state index in [1.165, 1.54) is 12.1 Å². The van der Waals surface area contributed by atoms with Gasteiger partial charge in [-0.1, -0.05) is 50.1 Å². The highest BCUT2D eigenvalue weighted by atomic mass is 79.9. The summed E-state index contributed by atoms with van der Waals surface area (Å²) in [6.07, 6.45) is 0. The number of rotatable bonds is 4. The van der Waals surface area contributed by atoms with Crippen LogP contribution >= 0.6 is 31.9 Å². The topological polar surface area (TPSA) is 98.3 Å². The summed E-state index contributed by atoms with van der Waals surface area (Å²) < 4.78 is 13.7. The first-order valence-electron chi connectivity index (χ1n) is 7.63. The van der Waals surface area contributed by atoms with E-state index in [0.29, 0.717) is 14.6 Å². The molecule has 0 amide bonds. The van der Waals surface area contributed by atoms with Gasteiger partial charge in [-0.25, -0.2) is 0 Å². The number of nitrogens with zero attached hydrogens (tertiary/aromatic N) is 2. The van der Waals surface area contributed by atoms with Gasteiger partial charge in [-0.2, -0.15) is 4.39 Å². The van der Waals surface area contributed by atoms with Gasteiger partial charge in [0.25, 0.3) is 5.69 Å². The summed E-state index contributed by atoms with van der Waals surface area (Å²) in [5, 5.41) is 24.0. The standard InChI is InChI=1S/C12H9BrN2O2.C6H3BrFNO2/c13-9-6-7-11(12(8-9)15(16)17)14-10-4-2-1-3-5-10;7-4-1-2-5(8)6(3-4)9(10)11/h1-8,14H;1-3H. The largest absolute Gasteiger partial charge is 0.350 e. The minimum atomic E-state index is -0.821. The van der Waals surface area contributed by atoms with Crippen LogP contribution in [0.1, 0.15) is 0 Å². The van der Waals surface area contributed by atoms with Crippen LogP contribution in [0.2, 0.25) is 0 Å². The van der Waals surface area contributed by atoms with E-state index in [2.05, 4.69) is 37.2 Å². The molecule has 0 aliphatic heterocycles. The van der Waals surface area contributed by atoms with Gasteiger partial charge in [-0.15, -0.1) is 0 Å². The third kappa shape index (κ3) is 6.10. The number of hydrogen-bond donors (Lipinski definition) is 1. The first-order chi connectivity index (χ1) is 13.3. The molecule has 3 rings (SSSR count). The first kappa shape index (κ1) is 21.5. The van der Waals surface area contributed by atoms with Crippen molar-refractivity contribution in [3.63, 3.8) is 0 Å². The maximum atomic E-state index is 12.6. The van der Waals surface area contributed by atoms with Gasteiger partial charge in [0.1, 0.15) is 5.69 Å². The molecular weight excluding hydrogens is 501 g/mol.